The summed E-state index contributed by atoms with van der Waals surface area (Å²) in [6, 6.07) is 6.78. The molecule has 1 aromatic rings. The van der Waals surface area contributed by atoms with Crippen molar-refractivity contribution in [2.45, 2.75) is 6.42 Å². The fourth-order valence-corrected chi connectivity index (χ4v) is 4.92. The van der Waals surface area contributed by atoms with Crippen LogP contribution in [0.25, 0.3) is 0 Å². The topological polar surface area (TPSA) is 66.5 Å². The van der Waals surface area contributed by atoms with Gasteiger partial charge in [-0.2, -0.15) is 5.01 Å². The molecule has 2 saturated carbocycles. The second-order valence-electron chi connectivity index (χ2n) is 6.82. The van der Waals surface area contributed by atoms with Gasteiger partial charge in [-0.1, -0.05) is 28.1 Å². The first-order valence-corrected chi connectivity index (χ1v) is 8.46. The molecule has 3 aliphatic carbocycles. The normalized spacial score (nSPS) is 38.7. The van der Waals surface area contributed by atoms with E-state index in [9.17, 15) is 14.4 Å². The lowest BCUT2D eigenvalue weighted by Crippen LogP contribution is -2.47. The molecule has 116 valence electrons. The lowest BCUT2D eigenvalue weighted by Gasteiger charge is -2.30. The molecule has 5 unspecified atom stereocenters. The van der Waals surface area contributed by atoms with E-state index in [1.165, 1.54) is 0 Å². The Hall–Kier alpha value is -1.95. The lowest BCUT2D eigenvalue weighted by atomic mass is 9.74. The standard InChI is InChI=1S/C17H13BrN2O3/c18-9-3-1-8(2-4-9)14(21)19-20-15(22)12-10-5-6-17(10)7-11(17)13(12)16(20)23/h1-6,10-13H,7H2,(H,19,21). The van der Waals surface area contributed by atoms with Gasteiger partial charge >= 0.3 is 0 Å². The summed E-state index contributed by atoms with van der Waals surface area (Å²) in [7, 11) is 0. The van der Waals surface area contributed by atoms with Crippen LogP contribution in [0, 0.1) is 29.1 Å². The van der Waals surface area contributed by atoms with Crippen molar-refractivity contribution >= 4 is 33.7 Å². The largest absolute Gasteiger partial charge is 0.272 e. The molecule has 5 atom stereocenters. The molecular formula is C17H13BrN2O3. The van der Waals surface area contributed by atoms with Crippen molar-refractivity contribution in [3.63, 3.8) is 0 Å². The Morgan fingerprint density at radius 3 is 2.52 bits per heavy atom. The van der Waals surface area contributed by atoms with Crippen LogP contribution >= 0.6 is 15.9 Å². The fraction of sp³-hybridized carbons (Fsp3) is 0.353. The number of imide groups is 1. The zero-order valence-electron chi connectivity index (χ0n) is 12.0. The van der Waals surface area contributed by atoms with Gasteiger partial charge in [-0.15, -0.1) is 0 Å². The molecule has 1 aromatic carbocycles. The molecule has 0 bridgehead atoms. The number of hydrogen-bond donors (Lipinski definition) is 1. The molecule has 0 aromatic heterocycles. The predicted molar refractivity (Wildman–Crippen MR) is 83.6 cm³/mol. The third kappa shape index (κ3) is 1.54. The zero-order valence-corrected chi connectivity index (χ0v) is 13.6. The number of carbonyl (C=O) groups excluding carboxylic acids is 3. The van der Waals surface area contributed by atoms with Crippen molar-refractivity contribution in [2.24, 2.45) is 29.1 Å². The predicted octanol–water partition coefficient (Wildman–Crippen LogP) is 1.90. The van der Waals surface area contributed by atoms with Crippen molar-refractivity contribution in [1.82, 2.24) is 10.4 Å². The van der Waals surface area contributed by atoms with Crippen molar-refractivity contribution in [1.29, 1.82) is 0 Å². The van der Waals surface area contributed by atoms with Gasteiger partial charge in [0.2, 0.25) is 0 Å². The Morgan fingerprint density at radius 2 is 1.87 bits per heavy atom. The Kier molecular flexibility index (Phi) is 2.41. The van der Waals surface area contributed by atoms with Crippen LogP contribution in [0.2, 0.25) is 0 Å². The second-order valence-corrected chi connectivity index (χ2v) is 7.73. The number of rotatable bonds is 2. The van der Waals surface area contributed by atoms with Gasteiger partial charge < -0.3 is 0 Å². The molecule has 1 spiro atoms. The highest BCUT2D eigenvalue weighted by Gasteiger charge is 2.78. The molecule has 5 rings (SSSR count). The summed E-state index contributed by atoms with van der Waals surface area (Å²) in [6.07, 6.45) is 5.21. The van der Waals surface area contributed by atoms with E-state index in [-0.39, 0.29) is 40.9 Å². The summed E-state index contributed by atoms with van der Waals surface area (Å²) >= 11 is 3.31. The van der Waals surface area contributed by atoms with Crippen LogP contribution in [-0.4, -0.2) is 22.7 Å². The number of fused-ring (bicyclic) bond motifs is 3. The van der Waals surface area contributed by atoms with Crippen molar-refractivity contribution < 1.29 is 14.4 Å². The van der Waals surface area contributed by atoms with Gasteiger partial charge in [-0.05, 0) is 47.9 Å². The molecule has 5 nitrogen and oxygen atoms in total. The molecule has 6 heteroatoms. The first-order valence-electron chi connectivity index (χ1n) is 7.67. The molecule has 3 fully saturated rings. The van der Waals surface area contributed by atoms with Crippen LogP contribution < -0.4 is 5.43 Å². The minimum atomic E-state index is -0.439. The number of carbonyl (C=O) groups is 3. The van der Waals surface area contributed by atoms with Crippen LogP contribution in [0.3, 0.4) is 0 Å². The minimum absolute atomic E-state index is 0.127. The number of amides is 3. The van der Waals surface area contributed by atoms with Crippen LogP contribution in [0.4, 0.5) is 0 Å². The minimum Gasteiger partial charge on any atom is -0.272 e. The van der Waals surface area contributed by atoms with E-state index in [0.29, 0.717) is 5.56 Å². The molecule has 3 amide bonds. The highest BCUT2D eigenvalue weighted by Crippen LogP contribution is 2.77. The highest BCUT2D eigenvalue weighted by molar-refractivity contribution is 9.10. The lowest BCUT2D eigenvalue weighted by molar-refractivity contribution is -0.143. The Bertz CT molecular complexity index is 803. The summed E-state index contributed by atoms with van der Waals surface area (Å²) in [4.78, 5) is 37.5. The van der Waals surface area contributed by atoms with Gasteiger partial charge in [0.1, 0.15) is 0 Å². The van der Waals surface area contributed by atoms with E-state index >= 15 is 0 Å². The number of allylic oxidation sites excluding steroid dienone is 2. The van der Waals surface area contributed by atoms with Crippen molar-refractivity contribution in [2.75, 3.05) is 0 Å². The summed E-state index contributed by atoms with van der Waals surface area (Å²) in [5.74, 6) is -1.01. The summed E-state index contributed by atoms with van der Waals surface area (Å²) in [6.45, 7) is 0. The Balaban J connectivity index is 1.39. The number of halogens is 1. The smallest absolute Gasteiger partial charge is 0.270 e. The van der Waals surface area contributed by atoms with Crippen LogP contribution in [0.5, 0.6) is 0 Å². The molecular weight excluding hydrogens is 360 g/mol. The quantitative estimate of drug-likeness (QED) is 0.636. The van der Waals surface area contributed by atoms with Gasteiger partial charge in [0.25, 0.3) is 17.7 Å². The molecule has 0 radical (unpaired) electrons. The van der Waals surface area contributed by atoms with Crippen LogP contribution in [0.1, 0.15) is 16.8 Å². The van der Waals surface area contributed by atoms with Crippen LogP contribution in [0.15, 0.2) is 40.9 Å². The second kappa shape index (κ2) is 4.12. The van der Waals surface area contributed by atoms with E-state index in [2.05, 4.69) is 33.5 Å². The summed E-state index contributed by atoms with van der Waals surface area (Å²) in [5, 5.41) is 0.952. The van der Waals surface area contributed by atoms with Gasteiger partial charge in [0, 0.05) is 10.0 Å². The number of nitrogens with one attached hydrogen (secondary N) is 1. The van der Waals surface area contributed by atoms with E-state index in [1.54, 1.807) is 24.3 Å². The van der Waals surface area contributed by atoms with Crippen LogP contribution in [-0.2, 0) is 9.59 Å². The Morgan fingerprint density at radius 1 is 1.17 bits per heavy atom. The number of nitrogens with zero attached hydrogens (tertiary/aromatic N) is 1. The first kappa shape index (κ1) is 13.5. The Labute approximate surface area is 140 Å². The number of hydrogen-bond acceptors (Lipinski definition) is 3. The molecule has 1 saturated heterocycles. The first-order chi connectivity index (χ1) is 11.0. The van der Waals surface area contributed by atoms with E-state index < -0.39 is 5.91 Å². The summed E-state index contributed by atoms with van der Waals surface area (Å²) in [5.41, 5.74) is 3.03. The maximum atomic E-state index is 12.6. The zero-order chi connectivity index (χ0) is 15.9. The average Bonchev–Trinajstić information content (AvgIpc) is 3.19. The van der Waals surface area contributed by atoms with Gasteiger partial charge in [0.15, 0.2) is 0 Å². The average molecular weight is 373 g/mol. The molecule has 1 N–H and O–H groups in total. The van der Waals surface area contributed by atoms with Crippen molar-refractivity contribution in [3.05, 3.63) is 46.5 Å². The third-order valence-corrected chi connectivity index (χ3v) is 6.40. The third-order valence-electron chi connectivity index (χ3n) is 5.88. The van der Waals surface area contributed by atoms with E-state index in [0.717, 1.165) is 15.9 Å². The number of benzene rings is 1. The maximum absolute atomic E-state index is 12.6. The number of hydrazine groups is 1. The van der Waals surface area contributed by atoms with E-state index in [4.69, 9.17) is 0 Å². The maximum Gasteiger partial charge on any atom is 0.270 e. The van der Waals surface area contributed by atoms with Gasteiger partial charge in [-0.3, -0.25) is 19.8 Å². The molecule has 4 aliphatic rings. The highest BCUT2D eigenvalue weighted by atomic mass is 79.9. The van der Waals surface area contributed by atoms with E-state index in [1.807, 2.05) is 0 Å². The molecule has 1 heterocycles. The summed E-state index contributed by atoms with van der Waals surface area (Å²) < 4.78 is 0.860. The molecule has 23 heavy (non-hydrogen) atoms. The SMILES string of the molecule is O=C(NN1C(=O)C2C(C1=O)C1CC13C=CC23)c1ccc(Br)cc1. The monoisotopic (exact) mass is 372 g/mol. The van der Waals surface area contributed by atoms with Gasteiger partial charge in [0.05, 0.1) is 11.8 Å². The fourth-order valence-electron chi connectivity index (χ4n) is 4.66. The van der Waals surface area contributed by atoms with Crippen molar-refractivity contribution in [3.8, 4) is 0 Å². The van der Waals surface area contributed by atoms with Gasteiger partial charge in [-0.25, -0.2) is 0 Å². The molecule has 1 aliphatic heterocycles.